The highest BCUT2D eigenvalue weighted by Crippen LogP contribution is 2.39. The Kier molecular flexibility index (Phi) is 6.28. The maximum atomic E-state index is 12.5. The van der Waals surface area contributed by atoms with Crippen LogP contribution in [0, 0.1) is 18.3 Å². The average molecular weight is 359 g/mol. The molecule has 0 N–H and O–H groups in total. The first-order chi connectivity index (χ1) is 12.5. The van der Waals surface area contributed by atoms with Crippen LogP contribution in [0.3, 0.4) is 0 Å². The van der Waals surface area contributed by atoms with Gasteiger partial charge in [0.15, 0.2) is 0 Å². The van der Waals surface area contributed by atoms with Crippen LogP contribution in [-0.4, -0.2) is 51.9 Å². The van der Waals surface area contributed by atoms with E-state index < -0.39 is 0 Å². The molecule has 0 saturated carbocycles. The Morgan fingerprint density at radius 3 is 2.77 bits per heavy atom. The van der Waals surface area contributed by atoms with Crippen LogP contribution in [0.4, 0.5) is 0 Å². The normalized spacial score (nSPS) is 24.6. The standard InChI is InChI=1S/C21H34N4O/c1-17(2)6-4-10-24-11-5-8-21(15-24)9-7-20(26)25(16-21)14-19-13-22-18(3)12-23-19/h12-13,17H,4-11,14-16H2,1-3H3/t21-/m1/s1. The predicted octanol–water partition coefficient (Wildman–Crippen LogP) is 3.43. The second-order valence-corrected chi connectivity index (χ2v) is 8.81. The molecule has 3 rings (SSSR count). The van der Waals surface area contributed by atoms with Gasteiger partial charge in [-0.2, -0.15) is 0 Å². The van der Waals surface area contributed by atoms with Gasteiger partial charge in [-0.05, 0) is 58.0 Å². The first kappa shape index (κ1) is 19.3. The molecule has 0 aromatic carbocycles. The number of nitrogens with zero attached hydrogens (tertiary/aromatic N) is 4. The van der Waals surface area contributed by atoms with E-state index in [9.17, 15) is 4.79 Å². The van der Waals surface area contributed by atoms with Gasteiger partial charge in [-0.25, -0.2) is 0 Å². The number of aromatic nitrogens is 2. The minimum atomic E-state index is 0.273. The second kappa shape index (κ2) is 8.47. The fourth-order valence-corrected chi connectivity index (χ4v) is 4.50. The molecule has 0 radical (unpaired) electrons. The summed E-state index contributed by atoms with van der Waals surface area (Å²) in [5, 5.41) is 0. The zero-order valence-electron chi connectivity index (χ0n) is 16.7. The number of rotatable bonds is 6. The maximum absolute atomic E-state index is 12.5. The summed E-state index contributed by atoms with van der Waals surface area (Å²) >= 11 is 0. The van der Waals surface area contributed by atoms with Gasteiger partial charge < -0.3 is 9.80 Å². The molecular formula is C21H34N4O. The summed E-state index contributed by atoms with van der Waals surface area (Å²) in [5.41, 5.74) is 2.09. The molecule has 1 aromatic heterocycles. The van der Waals surface area contributed by atoms with E-state index in [-0.39, 0.29) is 11.3 Å². The van der Waals surface area contributed by atoms with Gasteiger partial charge in [-0.3, -0.25) is 14.8 Å². The lowest BCUT2D eigenvalue weighted by Gasteiger charge is -2.48. The molecular weight excluding hydrogens is 324 g/mol. The van der Waals surface area contributed by atoms with Crippen LogP contribution in [0.5, 0.6) is 0 Å². The molecule has 1 spiro atoms. The van der Waals surface area contributed by atoms with Crippen molar-refractivity contribution in [2.75, 3.05) is 26.2 Å². The fraction of sp³-hybridized carbons (Fsp3) is 0.762. The third kappa shape index (κ3) is 5.03. The quantitative estimate of drug-likeness (QED) is 0.782. The molecule has 5 heteroatoms. The Balaban J connectivity index is 1.60. The minimum Gasteiger partial charge on any atom is -0.336 e. The van der Waals surface area contributed by atoms with Crippen LogP contribution in [0.15, 0.2) is 12.4 Å². The largest absolute Gasteiger partial charge is 0.336 e. The third-order valence-electron chi connectivity index (χ3n) is 5.93. The van der Waals surface area contributed by atoms with Crippen LogP contribution in [0.25, 0.3) is 0 Å². The van der Waals surface area contributed by atoms with Crippen LogP contribution in [0.2, 0.25) is 0 Å². The lowest BCUT2D eigenvalue weighted by atomic mass is 9.73. The molecule has 0 bridgehead atoms. The van der Waals surface area contributed by atoms with Crippen molar-refractivity contribution in [2.24, 2.45) is 11.3 Å². The Bertz CT molecular complexity index is 601. The lowest BCUT2D eigenvalue weighted by Crippen LogP contribution is -2.53. The summed E-state index contributed by atoms with van der Waals surface area (Å²) in [5.74, 6) is 1.06. The van der Waals surface area contributed by atoms with E-state index in [0.29, 0.717) is 13.0 Å². The van der Waals surface area contributed by atoms with Crippen molar-refractivity contribution in [3.8, 4) is 0 Å². The van der Waals surface area contributed by atoms with Gasteiger partial charge in [-0.1, -0.05) is 13.8 Å². The number of likely N-dealkylation sites (tertiary alicyclic amines) is 2. The first-order valence-electron chi connectivity index (χ1n) is 10.2. The first-order valence-corrected chi connectivity index (χ1v) is 10.2. The second-order valence-electron chi connectivity index (χ2n) is 8.81. The third-order valence-corrected chi connectivity index (χ3v) is 5.93. The van der Waals surface area contributed by atoms with Crippen molar-refractivity contribution in [1.29, 1.82) is 0 Å². The van der Waals surface area contributed by atoms with Crippen molar-refractivity contribution in [3.05, 3.63) is 23.8 Å². The predicted molar refractivity (Wildman–Crippen MR) is 104 cm³/mol. The van der Waals surface area contributed by atoms with Crippen LogP contribution < -0.4 is 0 Å². The summed E-state index contributed by atoms with van der Waals surface area (Å²) in [4.78, 5) is 25.9. The molecule has 2 fully saturated rings. The Morgan fingerprint density at radius 1 is 1.19 bits per heavy atom. The SMILES string of the molecule is Cc1cnc(CN2C[C@]3(CCCN(CCCC(C)C)C3)CCC2=O)cn1. The highest BCUT2D eigenvalue weighted by molar-refractivity contribution is 5.77. The van der Waals surface area contributed by atoms with E-state index in [1.54, 1.807) is 6.20 Å². The number of aryl methyl sites for hydroxylation is 1. The van der Waals surface area contributed by atoms with Gasteiger partial charge in [0, 0.05) is 31.1 Å². The summed E-state index contributed by atoms with van der Waals surface area (Å²) in [6.45, 7) is 11.6. The van der Waals surface area contributed by atoms with Crippen molar-refractivity contribution in [2.45, 2.75) is 65.8 Å². The number of carbonyl (C=O) groups is 1. The van der Waals surface area contributed by atoms with E-state index >= 15 is 0 Å². The highest BCUT2D eigenvalue weighted by atomic mass is 16.2. The van der Waals surface area contributed by atoms with Crippen LogP contribution in [-0.2, 0) is 11.3 Å². The van der Waals surface area contributed by atoms with Crippen LogP contribution >= 0.6 is 0 Å². The smallest absolute Gasteiger partial charge is 0.222 e. The number of amides is 1. The van der Waals surface area contributed by atoms with Crippen molar-refractivity contribution >= 4 is 5.91 Å². The molecule has 0 unspecified atom stereocenters. The van der Waals surface area contributed by atoms with E-state index in [1.165, 1.54) is 38.8 Å². The number of piperidine rings is 2. The van der Waals surface area contributed by atoms with Crippen molar-refractivity contribution in [3.63, 3.8) is 0 Å². The molecule has 2 aliphatic heterocycles. The van der Waals surface area contributed by atoms with E-state index in [0.717, 1.165) is 36.8 Å². The summed E-state index contributed by atoms with van der Waals surface area (Å²) in [6.07, 6.45) is 10.4. The molecule has 5 nitrogen and oxygen atoms in total. The molecule has 2 saturated heterocycles. The van der Waals surface area contributed by atoms with E-state index in [2.05, 4.69) is 28.7 Å². The Hall–Kier alpha value is -1.49. The molecule has 2 aliphatic rings. The molecule has 0 aliphatic carbocycles. The zero-order chi connectivity index (χ0) is 18.6. The van der Waals surface area contributed by atoms with E-state index in [4.69, 9.17) is 0 Å². The van der Waals surface area contributed by atoms with Gasteiger partial charge in [0.05, 0.1) is 24.1 Å². The summed E-state index contributed by atoms with van der Waals surface area (Å²) in [7, 11) is 0. The van der Waals surface area contributed by atoms with Crippen molar-refractivity contribution < 1.29 is 4.79 Å². The Morgan fingerprint density at radius 2 is 2.04 bits per heavy atom. The summed E-state index contributed by atoms with van der Waals surface area (Å²) < 4.78 is 0. The lowest BCUT2D eigenvalue weighted by molar-refractivity contribution is -0.140. The summed E-state index contributed by atoms with van der Waals surface area (Å²) in [6, 6.07) is 0. The van der Waals surface area contributed by atoms with Gasteiger partial charge in [0.25, 0.3) is 0 Å². The Labute approximate surface area is 158 Å². The molecule has 1 atom stereocenters. The fourth-order valence-electron chi connectivity index (χ4n) is 4.50. The van der Waals surface area contributed by atoms with E-state index in [1.807, 2.05) is 18.0 Å². The number of carbonyl (C=O) groups excluding carboxylic acids is 1. The van der Waals surface area contributed by atoms with Gasteiger partial charge in [0.2, 0.25) is 5.91 Å². The molecule has 144 valence electrons. The zero-order valence-corrected chi connectivity index (χ0v) is 16.7. The number of hydrogen-bond acceptors (Lipinski definition) is 4. The molecule has 1 amide bonds. The number of hydrogen-bond donors (Lipinski definition) is 0. The van der Waals surface area contributed by atoms with Crippen LogP contribution in [0.1, 0.15) is 63.8 Å². The minimum absolute atomic E-state index is 0.273. The average Bonchev–Trinajstić information content (AvgIpc) is 2.60. The molecule has 26 heavy (non-hydrogen) atoms. The van der Waals surface area contributed by atoms with Gasteiger partial charge in [0.1, 0.15) is 0 Å². The maximum Gasteiger partial charge on any atom is 0.222 e. The van der Waals surface area contributed by atoms with Crippen molar-refractivity contribution in [1.82, 2.24) is 19.8 Å². The van der Waals surface area contributed by atoms with Gasteiger partial charge in [-0.15, -0.1) is 0 Å². The monoisotopic (exact) mass is 358 g/mol. The molecule has 1 aromatic rings. The topological polar surface area (TPSA) is 49.3 Å². The van der Waals surface area contributed by atoms with Gasteiger partial charge >= 0.3 is 0 Å². The highest BCUT2D eigenvalue weighted by Gasteiger charge is 2.41. The molecule has 3 heterocycles.